The van der Waals surface area contributed by atoms with E-state index in [0.717, 1.165) is 23.2 Å². The number of hydrogen-bond donors (Lipinski definition) is 1. The summed E-state index contributed by atoms with van der Waals surface area (Å²) in [4.78, 5) is 22.6. The van der Waals surface area contributed by atoms with Crippen LogP contribution in [-0.2, 0) is 22.4 Å². The van der Waals surface area contributed by atoms with Crippen LogP contribution in [0, 0.1) is 0 Å². The molecule has 2 rings (SSSR count). The monoisotopic (exact) mass is 237 g/mol. The quantitative estimate of drug-likeness (QED) is 0.817. The van der Waals surface area contributed by atoms with E-state index in [9.17, 15) is 9.59 Å². The van der Waals surface area contributed by atoms with Crippen LogP contribution in [0.25, 0.3) is 0 Å². The molecular weight excluding hydrogens is 226 g/mol. The van der Waals surface area contributed by atoms with E-state index in [1.807, 2.05) is 18.2 Å². The van der Waals surface area contributed by atoms with Gasteiger partial charge in [-0.05, 0) is 17.5 Å². The van der Waals surface area contributed by atoms with Gasteiger partial charge >= 0.3 is 0 Å². The van der Waals surface area contributed by atoms with Gasteiger partial charge in [0.1, 0.15) is 0 Å². The van der Waals surface area contributed by atoms with Crippen LogP contribution in [-0.4, -0.2) is 17.6 Å². The minimum atomic E-state index is -0.0325. The summed E-state index contributed by atoms with van der Waals surface area (Å²) in [6.45, 7) is 0. The number of para-hydroxylation sites is 1. The van der Waals surface area contributed by atoms with E-state index in [0.29, 0.717) is 6.42 Å². The number of anilines is 1. The van der Waals surface area contributed by atoms with Gasteiger partial charge in [-0.2, -0.15) is 0 Å². The van der Waals surface area contributed by atoms with Crippen LogP contribution >= 0.6 is 11.6 Å². The molecule has 0 fully saturated rings. The number of carbonyl (C=O) groups excluding carboxylic acids is 2. The van der Waals surface area contributed by atoms with Crippen molar-refractivity contribution in [3.05, 3.63) is 29.3 Å². The molecule has 1 aromatic carbocycles. The molecule has 0 spiro atoms. The van der Waals surface area contributed by atoms with Crippen molar-refractivity contribution >= 4 is 29.0 Å². The summed E-state index contributed by atoms with van der Waals surface area (Å²) in [5.74, 6) is -0.00870. The standard InChI is InChI=1S/C12H12ClNO2/c13-7-10(15)6-9-3-1-2-8-4-5-11(16)14-12(8)9/h1-3H,4-7H2,(H,14,16). The van der Waals surface area contributed by atoms with E-state index < -0.39 is 0 Å². The van der Waals surface area contributed by atoms with Crippen molar-refractivity contribution in [1.29, 1.82) is 0 Å². The Labute approximate surface area is 98.8 Å². The van der Waals surface area contributed by atoms with Crippen molar-refractivity contribution in [2.45, 2.75) is 19.3 Å². The number of amides is 1. The molecule has 3 nitrogen and oxygen atoms in total. The van der Waals surface area contributed by atoms with E-state index in [2.05, 4.69) is 5.32 Å². The van der Waals surface area contributed by atoms with Crippen molar-refractivity contribution in [2.24, 2.45) is 0 Å². The first-order valence-electron chi connectivity index (χ1n) is 5.19. The third-order valence-electron chi connectivity index (χ3n) is 2.66. The second-order valence-electron chi connectivity index (χ2n) is 3.85. The van der Waals surface area contributed by atoms with Gasteiger partial charge in [-0.1, -0.05) is 18.2 Å². The van der Waals surface area contributed by atoms with Crippen LogP contribution in [0.15, 0.2) is 18.2 Å². The molecule has 1 aliphatic heterocycles. The number of halogens is 1. The van der Waals surface area contributed by atoms with Crippen molar-refractivity contribution in [3.63, 3.8) is 0 Å². The fourth-order valence-corrected chi connectivity index (χ4v) is 1.97. The molecule has 16 heavy (non-hydrogen) atoms. The molecule has 1 amide bonds. The molecule has 4 heteroatoms. The second-order valence-corrected chi connectivity index (χ2v) is 4.12. The summed E-state index contributed by atoms with van der Waals surface area (Å²) < 4.78 is 0. The van der Waals surface area contributed by atoms with Gasteiger partial charge in [-0.3, -0.25) is 9.59 Å². The molecule has 1 aromatic rings. The van der Waals surface area contributed by atoms with E-state index in [1.165, 1.54) is 0 Å². The van der Waals surface area contributed by atoms with Gasteiger partial charge in [-0.15, -0.1) is 11.6 Å². The average Bonchev–Trinajstić information content (AvgIpc) is 2.29. The van der Waals surface area contributed by atoms with E-state index in [-0.39, 0.29) is 24.0 Å². The van der Waals surface area contributed by atoms with Crippen LogP contribution in [0.3, 0.4) is 0 Å². The minimum Gasteiger partial charge on any atom is -0.326 e. The lowest BCUT2D eigenvalue weighted by atomic mass is 9.97. The Kier molecular flexibility index (Phi) is 3.25. The zero-order chi connectivity index (χ0) is 11.5. The predicted octanol–water partition coefficient (Wildman–Crippen LogP) is 1.92. The lowest BCUT2D eigenvalue weighted by molar-refractivity contribution is -0.117. The lowest BCUT2D eigenvalue weighted by Gasteiger charge is -2.19. The summed E-state index contributed by atoms with van der Waals surface area (Å²) in [5.41, 5.74) is 2.76. The third kappa shape index (κ3) is 2.25. The molecule has 0 saturated carbocycles. The van der Waals surface area contributed by atoms with Gasteiger partial charge in [0.05, 0.1) is 5.88 Å². The second kappa shape index (κ2) is 4.66. The third-order valence-corrected chi connectivity index (χ3v) is 2.96. The van der Waals surface area contributed by atoms with Crippen molar-refractivity contribution in [3.8, 4) is 0 Å². The number of fused-ring (bicyclic) bond motifs is 1. The van der Waals surface area contributed by atoms with Gasteiger partial charge in [0.25, 0.3) is 0 Å². The van der Waals surface area contributed by atoms with E-state index in [1.54, 1.807) is 0 Å². The van der Waals surface area contributed by atoms with Crippen molar-refractivity contribution < 1.29 is 9.59 Å². The molecular formula is C12H12ClNO2. The van der Waals surface area contributed by atoms with E-state index in [4.69, 9.17) is 11.6 Å². The molecule has 1 aliphatic rings. The maximum atomic E-state index is 11.3. The van der Waals surface area contributed by atoms with Gasteiger partial charge < -0.3 is 5.32 Å². The van der Waals surface area contributed by atoms with Gasteiger partial charge in [0, 0.05) is 18.5 Å². The molecule has 1 heterocycles. The zero-order valence-corrected chi connectivity index (χ0v) is 9.51. The largest absolute Gasteiger partial charge is 0.326 e. The summed E-state index contributed by atoms with van der Waals surface area (Å²) in [5, 5.41) is 2.82. The van der Waals surface area contributed by atoms with Gasteiger partial charge in [0.2, 0.25) is 5.91 Å². The minimum absolute atomic E-state index is 0.0115. The maximum Gasteiger partial charge on any atom is 0.224 e. The summed E-state index contributed by atoms with van der Waals surface area (Å²) in [6.07, 6.45) is 1.54. The number of hydrogen-bond acceptors (Lipinski definition) is 2. The fraction of sp³-hybridized carbons (Fsp3) is 0.333. The summed E-state index contributed by atoms with van der Waals surface area (Å²) in [6, 6.07) is 5.74. The lowest BCUT2D eigenvalue weighted by Crippen LogP contribution is -2.21. The number of alkyl halides is 1. The van der Waals surface area contributed by atoms with Crippen molar-refractivity contribution in [1.82, 2.24) is 0 Å². The van der Waals surface area contributed by atoms with Gasteiger partial charge in [-0.25, -0.2) is 0 Å². The Morgan fingerprint density at radius 3 is 2.94 bits per heavy atom. The molecule has 0 aliphatic carbocycles. The number of carbonyl (C=O) groups is 2. The van der Waals surface area contributed by atoms with Gasteiger partial charge in [0.15, 0.2) is 5.78 Å². The van der Waals surface area contributed by atoms with Crippen molar-refractivity contribution in [2.75, 3.05) is 11.2 Å². The molecule has 0 radical (unpaired) electrons. The van der Waals surface area contributed by atoms with Crippen LogP contribution in [0.1, 0.15) is 17.5 Å². The fourth-order valence-electron chi connectivity index (χ4n) is 1.88. The average molecular weight is 238 g/mol. The topological polar surface area (TPSA) is 46.2 Å². The molecule has 84 valence electrons. The smallest absolute Gasteiger partial charge is 0.224 e. The normalized spacial score (nSPS) is 14.2. The summed E-state index contributed by atoms with van der Waals surface area (Å²) >= 11 is 5.48. The highest BCUT2D eigenvalue weighted by atomic mass is 35.5. The Hall–Kier alpha value is -1.35. The Bertz CT molecular complexity index is 443. The highest BCUT2D eigenvalue weighted by Crippen LogP contribution is 2.26. The SMILES string of the molecule is O=C(CCl)Cc1cccc2c1NC(=O)CC2. The number of ketones is 1. The van der Waals surface area contributed by atoms with Crippen LogP contribution in [0.2, 0.25) is 0 Å². The zero-order valence-electron chi connectivity index (χ0n) is 8.75. The molecule has 0 saturated heterocycles. The highest BCUT2D eigenvalue weighted by molar-refractivity contribution is 6.27. The predicted molar refractivity (Wildman–Crippen MR) is 62.8 cm³/mol. The number of aryl methyl sites for hydroxylation is 1. The Morgan fingerprint density at radius 1 is 1.38 bits per heavy atom. The van der Waals surface area contributed by atoms with E-state index >= 15 is 0 Å². The molecule has 0 aromatic heterocycles. The molecule has 0 atom stereocenters. The first kappa shape index (κ1) is 11.1. The highest BCUT2D eigenvalue weighted by Gasteiger charge is 2.18. The van der Waals surface area contributed by atoms with Crippen LogP contribution in [0.5, 0.6) is 0 Å². The maximum absolute atomic E-state index is 11.3. The molecule has 0 bridgehead atoms. The van der Waals surface area contributed by atoms with Crippen LogP contribution < -0.4 is 5.32 Å². The molecule has 0 unspecified atom stereocenters. The number of nitrogens with one attached hydrogen (secondary N) is 1. The summed E-state index contributed by atoms with van der Waals surface area (Å²) in [7, 11) is 0. The number of rotatable bonds is 3. The Balaban J connectivity index is 2.32. The molecule has 1 N–H and O–H groups in total. The first-order chi connectivity index (χ1) is 7.70. The first-order valence-corrected chi connectivity index (χ1v) is 5.72. The van der Waals surface area contributed by atoms with Crippen LogP contribution in [0.4, 0.5) is 5.69 Å². The Morgan fingerprint density at radius 2 is 2.19 bits per heavy atom. The number of Topliss-reactive ketones (excluding diaryl/α,β-unsaturated/α-hetero) is 1. The number of benzene rings is 1.